The summed E-state index contributed by atoms with van der Waals surface area (Å²) < 4.78 is 25.4. The second-order valence-corrected chi connectivity index (χ2v) is 9.76. The van der Waals surface area contributed by atoms with Crippen LogP contribution < -0.4 is 5.32 Å². The van der Waals surface area contributed by atoms with Crippen molar-refractivity contribution in [2.75, 3.05) is 11.5 Å². The summed E-state index contributed by atoms with van der Waals surface area (Å²) in [6, 6.07) is 18.6. The van der Waals surface area contributed by atoms with Crippen LogP contribution in [0.25, 0.3) is 11.3 Å². The van der Waals surface area contributed by atoms with Gasteiger partial charge in [-0.1, -0.05) is 60.2 Å². The van der Waals surface area contributed by atoms with Crippen molar-refractivity contribution < 1.29 is 8.42 Å². The van der Waals surface area contributed by atoms with Crippen molar-refractivity contribution in [3.8, 4) is 11.3 Å². The van der Waals surface area contributed by atoms with Gasteiger partial charge < -0.3 is 5.32 Å². The van der Waals surface area contributed by atoms with Gasteiger partial charge in [0.1, 0.15) is 0 Å². The lowest BCUT2D eigenvalue weighted by Crippen LogP contribution is -2.29. The Labute approximate surface area is 166 Å². The lowest BCUT2D eigenvalue weighted by molar-refractivity contribution is 0.554. The molecule has 0 amide bonds. The summed E-state index contributed by atoms with van der Waals surface area (Å²) in [5.41, 5.74) is 5.52. The molecule has 0 saturated carbocycles. The fraction of sp³-hybridized carbons (Fsp3) is 0.318. The topological polar surface area (TPSA) is 64.0 Å². The number of aromatic nitrogens is 2. The SMILES string of the molecule is Cc1ccc(-c2nn(Cc3ccccc3)cc2CNC2CCS(=O)(=O)C2)cc1. The number of benzene rings is 2. The van der Waals surface area contributed by atoms with Gasteiger partial charge in [0.05, 0.1) is 23.7 Å². The maximum absolute atomic E-state index is 11.7. The molecule has 1 aromatic heterocycles. The van der Waals surface area contributed by atoms with Gasteiger partial charge in [-0.15, -0.1) is 0 Å². The first kappa shape index (κ1) is 18.9. The van der Waals surface area contributed by atoms with E-state index in [-0.39, 0.29) is 17.5 Å². The molecule has 0 radical (unpaired) electrons. The van der Waals surface area contributed by atoms with Crippen LogP contribution in [0.15, 0.2) is 60.8 Å². The van der Waals surface area contributed by atoms with Gasteiger partial charge in [0, 0.05) is 29.9 Å². The zero-order valence-corrected chi connectivity index (χ0v) is 16.8. The highest BCUT2D eigenvalue weighted by atomic mass is 32.2. The van der Waals surface area contributed by atoms with Crippen molar-refractivity contribution in [3.05, 3.63) is 77.5 Å². The summed E-state index contributed by atoms with van der Waals surface area (Å²) in [7, 11) is -2.89. The van der Waals surface area contributed by atoms with Gasteiger partial charge in [-0.2, -0.15) is 5.10 Å². The van der Waals surface area contributed by atoms with Gasteiger partial charge in [-0.25, -0.2) is 8.42 Å². The predicted octanol–water partition coefficient (Wildman–Crippen LogP) is 3.18. The molecule has 0 spiro atoms. The molecule has 1 aliphatic rings. The van der Waals surface area contributed by atoms with Crippen LogP contribution in [-0.4, -0.2) is 35.7 Å². The fourth-order valence-corrected chi connectivity index (χ4v) is 5.32. The molecule has 2 heterocycles. The number of nitrogens with one attached hydrogen (secondary N) is 1. The number of hydrogen-bond donors (Lipinski definition) is 1. The third kappa shape index (κ3) is 4.51. The highest BCUT2D eigenvalue weighted by molar-refractivity contribution is 7.91. The summed E-state index contributed by atoms with van der Waals surface area (Å²) in [5.74, 6) is 0.508. The normalized spacial score (nSPS) is 18.4. The molecule has 6 heteroatoms. The van der Waals surface area contributed by atoms with Crippen LogP contribution in [0.2, 0.25) is 0 Å². The van der Waals surface area contributed by atoms with Crippen LogP contribution in [0, 0.1) is 6.92 Å². The lowest BCUT2D eigenvalue weighted by atomic mass is 10.1. The summed E-state index contributed by atoms with van der Waals surface area (Å²) in [5, 5.41) is 8.26. The first-order chi connectivity index (χ1) is 13.5. The molecule has 146 valence electrons. The summed E-state index contributed by atoms with van der Waals surface area (Å²) in [6.45, 7) is 3.39. The van der Waals surface area contributed by atoms with E-state index in [0.717, 1.165) is 16.8 Å². The van der Waals surface area contributed by atoms with E-state index in [1.165, 1.54) is 11.1 Å². The third-order valence-corrected chi connectivity index (χ3v) is 6.93. The number of rotatable bonds is 6. The maximum Gasteiger partial charge on any atom is 0.151 e. The van der Waals surface area contributed by atoms with Gasteiger partial charge in [-0.05, 0) is 18.9 Å². The molecular weight excluding hydrogens is 370 g/mol. The Morgan fingerprint density at radius 3 is 2.54 bits per heavy atom. The molecule has 4 rings (SSSR count). The molecule has 1 N–H and O–H groups in total. The molecule has 2 aromatic carbocycles. The Kier molecular flexibility index (Phi) is 5.33. The number of aryl methyl sites for hydroxylation is 1. The van der Waals surface area contributed by atoms with E-state index in [2.05, 4.69) is 54.8 Å². The molecule has 1 fully saturated rings. The van der Waals surface area contributed by atoms with E-state index >= 15 is 0 Å². The monoisotopic (exact) mass is 395 g/mol. The average Bonchev–Trinajstić information content (AvgIpc) is 3.24. The second kappa shape index (κ2) is 7.89. The molecule has 3 aromatic rings. The largest absolute Gasteiger partial charge is 0.309 e. The van der Waals surface area contributed by atoms with Gasteiger partial charge in [0.2, 0.25) is 0 Å². The number of nitrogens with zero attached hydrogens (tertiary/aromatic N) is 2. The zero-order valence-electron chi connectivity index (χ0n) is 16.0. The van der Waals surface area contributed by atoms with Crippen molar-refractivity contribution >= 4 is 9.84 Å². The molecule has 5 nitrogen and oxygen atoms in total. The van der Waals surface area contributed by atoms with Crippen LogP contribution in [0.5, 0.6) is 0 Å². The van der Waals surface area contributed by atoms with Crippen molar-refractivity contribution in [1.29, 1.82) is 0 Å². The van der Waals surface area contributed by atoms with Gasteiger partial charge >= 0.3 is 0 Å². The molecule has 0 aliphatic carbocycles. The Balaban J connectivity index is 1.58. The minimum absolute atomic E-state index is 0.0216. The van der Waals surface area contributed by atoms with Crippen LogP contribution >= 0.6 is 0 Å². The van der Waals surface area contributed by atoms with Crippen molar-refractivity contribution in [3.63, 3.8) is 0 Å². The number of hydrogen-bond acceptors (Lipinski definition) is 4. The molecular formula is C22H25N3O2S. The molecule has 1 saturated heterocycles. The van der Waals surface area contributed by atoms with E-state index in [1.54, 1.807) is 0 Å². The van der Waals surface area contributed by atoms with E-state index in [1.807, 2.05) is 22.9 Å². The molecule has 1 atom stereocenters. The first-order valence-electron chi connectivity index (χ1n) is 9.60. The average molecular weight is 396 g/mol. The molecule has 28 heavy (non-hydrogen) atoms. The van der Waals surface area contributed by atoms with Gasteiger partial charge in [0.25, 0.3) is 0 Å². The molecule has 1 unspecified atom stereocenters. The van der Waals surface area contributed by atoms with Gasteiger partial charge in [-0.3, -0.25) is 4.68 Å². The van der Waals surface area contributed by atoms with Crippen LogP contribution in [0.4, 0.5) is 0 Å². The highest BCUT2D eigenvalue weighted by Crippen LogP contribution is 2.24. The Bertz CT molecular complexity index is 1040. The van der Waals surface area contributed by atoms with E-state index < -0.39 is 9.84 Å². The highest BCUT2D eigenvalue weighted by Gasteiger charge is 2.27. The fourth-order valence-electron chi connectivity index (χ4n) is 3.61. The van der Waals surface area contributed by atoms with Crippen LogP contribution in [0.1, 0.15) is 23.1 Å². The van der Waals surface area contributed by atoms with E-state index in [4.69, 9.17) is 5.10 Å². The minimum Gasteiger partial charge on any atom is -0.309 e. The van der Waals surface area contributed by atoms with E-state index in [9.17, 15) is 8.42 Å². The summed E-state index contributed by atoms with van der Waals surface area (Å²) in [4.78, 5) is 0. The first-order valence-corrected chi connectivity index (χ1v) is 11.4. The predicted molar refractivity (Wildman–Crippen MR) is 112 cm³/mol. The van der Waals surface area contributed by atoms with E-state index in [0.29, 0.717) is 19.5 Å². The van der Waals surface area contributed by atoms with Crippen molar-refractivity contribution in [2.45, 2.75) is 32.5 Å². The summed E-state index contributed by atoms with van der Waals surface area (Å²) >= 11 is 0. The number of sulfone groups is 1. The zero-order chi connectivity index (χ0) is 19.6. The molecule has 0 bridgehead atoms. The van der Waals surface area contributed by atoms with Crippen molar-refractivity contribution in [2.24, 2.45) is 0 Å². The Hall–Kier alpha value is -2.44. The standard InChI is InChI=1S/C22H25N3O2S/c1-17-7-9-19(10-8-17)22-20(13-23-21-11-12-28(26,27)16-21)15-25(24-22)14-18-5-3-2-4-6-18/h2-10,15,21,23H,11-14,16H2,1H3. The molecule has 1 aliphatic heterocycles. The lowest BCUT2D eigenvalue weighted by Gasteiger charge is -2.10. The van der Waals surface area contributed by atoms with Gasteiger partial charge in [0.15, 0.2) is 9.84 Å². The Morgan fingerprint density at radius 1 is 1.11 bits per heavy atom. The minimum atomic E-state index is -2.89. The van der Waals surface area contributed by atoms with Crippen LogP contribution in [-0.2, 0) is 22.9 Å². The van der Waals surface area contributed by atoms with Crippen LogP contribution in [0.3, 0.4) is 0 Å². The quantitative estimate of drug-likeness (QED) is 0.696. The van der Waals surface area contributed by atoms with Crippen molar-refractivity contribution in [1.82, 2.24) is 15.1 Å². The smallest absolute Gasteiger partial charge is 0.151 e. The maximum atomic E-state index is 11.7. The second-order valence-electron chi connectivity index (χ2n) is 7.53. The third-order valence-electron chi connectivity index (χ3n) is 5.16. The summed E-state index contributed by atoms with van der Waals surface area (Å²) in [6.07, 6.45) is 2.75. The Morgan fingerprint density at radius 2 is 1.86 bits per heavy atom.